The molecule has 21 heavy (non-hydrogen) atoms. The van der Waals surface area contributed by atoms with Gasteiger partial charge in [0.15, 0.2) is 5.13 Å². The normalized spacial score (nSPS) is 10.8. The zero-order valence-electron chi connectivity index (χ0n) is 12.2. The van der Waals surface area contributed by atoms with Crippen LogP contribution < -0.4 is 5.32 Å². The molecule has 4 heteroatoms. The summed E-state index contributed by atoms with van der Waals surface area (Å²) in [6.45, 7) is 6.03. The van der Waals surface area contributed by atoms with E-state index in [9.17, 15) is 4.79 Å². The van der Waals surface area contributed by atoms with Gasteiger partial charge in [0, 0.05) is 5.56 Å². The van der Waals surface area contributed by atoms with Crippen molar-refractivity contribution in [3.63, 3.8) is 0 Å². The number of amides is 1. The van der Waals surface area contributed by atoms with Crippen LogP contribution in [0.5, 0.6) is 0 Å². The maximum absolute atomic E-state index is 12.3. The molecule has 1 amide bonds. The molecule has 1 N–H and O–H groups in total. The van der Waals surface area contributed by atoms with Crippen molar-refractivity contribution in [2.24, 2.45) is 0 Å². The van der Waals surface area contributed by atoms with Gasteiger partial charge in [0.05, 0.1) is 10.2 Å². The summed E-state index contributed by atoms with van der Waals surface area (Å²) in [4.78, 5) is 16.9. The van der Waals surface area contributed by atoms with Gasteiger partial charge < -0.3 is 0 Å². The number of benzene rings is 2. The number of anilines is 1. The van der Waals surface area contributed by atoms with Gasteiger partial charge in [-0.1, -0.05) is 41.7 Å². The lowest BCUT2D eigenvalue weighted by atomic mass is 10.1. The number of aromatic nitrogens is 1. The van der Waals surface area contributed by atoms with Crippen molar-refractivity contribution in [1.29, 1.82) is 0 Å². The second kappa shape index (κ2) is 5.30. The van der Waals surface area contributed by atoms with Gasteiger partial charge in [0.1, 0.15) is 0 Å². The Morgan fingerprint density at radius 2 is 1.71 bits per heavy atom. The molecule has 0 fully saturated rings. The summed E-state index contributed by atoms with van der Waals surface area (Å²) in [5.41, 5.74) is 4.93. The van der Waals surface area contributed by atoms with E-state index in [1.54, 1.807) is 0 Å². The van der Waals surface area contributed by atoms with Gasteiger partial charge in [-0.05, 0) is 43.5 Å². The molecule has 0 spiro atoms. The molecule has 0 unspecified atom stereocenters. The number of thiazole rings is 1. The molecule has 0 radical (unpaired) electrons. The van der Waals surface area contributed by atoms with Crippen LogP contribution in [0.1, 0.15) is 27.0 Å². The minimum atomic E-state index is -0.109. The Balaban J connectivity index is 1.96. The van der Waals surface area contributed by atoms with E-state index < -0.39 is 0 Å². The van der Waals surface area contributed by atoms with Crippen LogP contribution in [-0.4, -0.2) is 10.9 Å². The average molecular weight is 296 g/mol. The van der Waals surface area contributed by atoms with Crippen LogP contribution >= 0.6 is 11.3 Å². The molecule has 1 heterocycles. The first-order chi connectivity index (χ1) is 10.1. The molecule has 106 valence electrons. The summed E-state index contributed by atoms with van der Waals surface area (Å²) in [6.07, 6.45) is 0. The largest absolute Gasteiger partial charge is 0.298 e. The zero-order chi connectivity index (χ0) is 15.0. The van der Waals surface area contributed by atoms with Gasteiger partial charge in [-0.2, -0.15) is 0 Å². The minimum Gasteiger partial charge on any atom is -0.298 e. The number of aryl methyl sites for hydroxylation is 3. The number of carbonyl (C=O) groups is 1. The molecule has 0 saturated carbocycles. The molecule has 0 bridgehead atoms. The van der Waals surface area contributed by atoms with Gasteiger partial charge in [-0.15, -0.1) is 0 Å². The zero-order valence-corrected chi connectivity index (χ0v) is 13.0. The fourth-order valence-electron chi connectivity index (χ4n) is 2.30. The van der Waals surface area contributed by atoms with Crippen molar-refractivity contribution >= 4 is 32.6 Å². The van der Waals surface area contributed by atoms with E-state index >= 15 is 0 Å². The van der Waals surface area contributed by atoms with Crippen LogP contribution in [0, 0.1) is 20.8 Å². The van der Waals surface area contributed by atoms with Crippen LogP contribution in [-0.2, 0) is 0 Å². The van der Waals surface area contributed by atoms with Crippen LogP contribution in [0.3, 0.4) is 0 Å². The second-order valence-corrected chi connectivity index (χ2v) is 6.16. The number of fused-ring (bicyclic) bond motifs is 1. The van der Waals surface area contributed by atoms with Crippen molar-refractivity contribution in [2.75, 3.05) is 5.32 Å². The summed E-state index contributed by atoms with van der Waals surface area (Å²) in [5.74, 6) is -0.109. The first-order valence-corrected chi connectivity index (χ1v) is 7.61. The number of hydrogen-bond acceptors (Lipinski definition) is 3. The van der Waals surface area contributed by atoms with Gasteiger partial charge >= 0.3 is 0 Å². The minimum absolute atomic E-state index is 0.109. The third-order valence-electron chi connectivity index (χ3n) is 3.55. The summed E-state index contributed by atoms with van der Waals surface area (Å²) >= 11 is 1.52. The van der Waals surface area contributed by atoms with E-state index in [0.29, 0.717) is 10.7 Å². The van der Waals surface area contributed by atoms with E-state index in [1.165, 1.54) is 16.9 Å². The Morgan fingerprint density at radius 3 is 2.43 bits per heavy atom. The molecule has 3 aromatic rings. The highest BCUT2D eigenvalue weighted by Gasteiger charge is 2.13. The fraction of sp³-hybridized carbons (Fsp3) is 0.176. The van der Waals surface area contributed by atoms with E-state index in [1.807, 2.05) is 38.1 Å². The lowest BCUT2D eigenvalue weighted by molar-refractivity contribution is 0.102. The van der Waals surface area contributed by atoms with E-state index in [2.05, 4.69) is 29.4 Å². The molecule has 2 aromatic carbocycles. The smallest absolute Gasteiger partial charge is 0.257 e. The first-order valence-electron chi connectivity index (χ1n) is 6.80. The highest BCUT2D eigenvalue weighted by molar-refractivity contribution is 7.22. The number of carbonyl (C=O) groups excluding carboxylic acids is 1. The van der Waals surface area contributed by atoms with Crippen LogP contribution in [0.4, 0.5) is 5.13 Å². The number of nitrogens with one attached hydrogen (secondary N) is 1. The Morgan fingerprint density at radius 1 is 1.00 bits per heavy atom. The monoisotopic (exact) mass is 296 g/mol. The molecule has 0 aliphatic rings. The Kier molecular flexibility index (Phi) is 3.47. The van der Waals surface area contributed by atoms with E-state index in [0.717, 1.165) is 21.3 Å². The number of rotatable bonds is 2. The van der Waals surface area contributed by atoms with Crippen LogP contribution in [0.25, 0.3) is 10.2 Å². The predicted octanol–water partition coefficient (Wildman–Crippen LogP) is 4.47. The fourth-order valence-corrected chi connectivity index (χ4v) is 3.31. The Labute approximate surface area is 127 Å². The van der Waals surface area contributed by atoms with Crippen molar-refractivity contribution in [1.82, 2.24) is 4.98 Å². The van der Waals surface area contributed by atoms with Crippen molar-refractivity contribution in [3.05, 3.63) is 58.7 Å². The lowest BCUT2D eigenvalue weighted by Gasteiger charge is -2.04. The van der Waals surface area contributed by atoms with Crippen LogP contribution in [0.15, 0.2) is 36.4 Å². The van der Waals surface area contributed by atoms with Crippen molar-refractivity contribution < 1.29 is 4.79 Å². The average Bonchev–Trinajstić information content (AvgIpc) is 2.88. The standard InChI is InChI=1S/C17H16N2OS/c1-10-6-4-5-7-13(10)16(20)19-17-18-14-11(2)8-9-12(3)15(14)21-17/h4-9H,1-3H3,(H,18,19,20). The van der Waals surface area contributed by atoms with Crippen molar-refractivity contribution in [3.8, 4) is 0 Å². The SMILES string of the molecule is Cc1ccccc1C(=O)Nc1nc2c(C)ccc(C)c2s1. The summed E-state index contributed by atoms with van der Waals surface area (Å²) in [5, 5.41) is 3.56. The molecular formula is C17H16N2OS. The summed E-state index contributed by atoms with van der Waals surface area (Å²) in [6, 6.07) is 11.7. The molecule has 0 atom stereocenters. The lowest BCUT2D eigenvalue weighted by Crippen LogP contribution is -2.12. The summed E-state index contributed by atoms with van der Waals surface area (Å²) < 4.78 is 1.13. The summed E-state index contributed by atoms with van der Waals surface area (Å²) in [7, 11) is 0. The Hall–Kier alpha value is -2.20. The quantitative estimate of drug-likeness (QED) is 0.758. The molecular weight excluding hydrogens is 280 g/mol. The highest BCUT2D eigenvalue weighted by Crippen LogP contribution is 2.31. The number of hydrogen-bond donors (Lipinski definition) is 1. The molecule has 0 saturated heterocycles. The first kappa shape index (κ1) is 13.8. The van der Waals surface area contributed by atoms with Gasteiger partial charge in [0.25, 0.3) is 5.91 Å². The maximum atomic E-state index is 12.3. The maximum Gasteiger partial charge on any atom is 0.257 e. The van der Waals surface area contributed by atoms with Gasteiger partial charge in [-0.3, -0.25) is 10.1 Å². The van der Waals surface area contributed by atoms with Gasteiger partial charge in [0.2, 0.25) is 0 Å². The third-order valence-corrected chi connectivity index (χ3v) is 4.66. The second-order valence-electron chi connectivity index (χ2n) is 5.17. The van der Waals surface area contributed by atoms with Crippen LogP contribution in [0.2, 0.25) is 0 Å². The molecule has 3 rings (SSSR count). The van der Waals surface area contributed by atoms with E-state index in [-0.39, 0.29) is 5.91 Å². The molecule has 3 nitrogen and oxygen atoms in total. The van der Waals surface area contributed by atoms with Gasteiger partial charge in [-0.25, -0.2) is 4.98 Å². The van der Waals surface area contributed by atoms with Crippen molar-refractivity contribution in [2.45, 2.75) is 20.8 Å². The highest BCUT2D eigenvalue weighted by atomic mass is 32.1. The molecule has 1 aromatic heterocycles. The predicted molar refractivity (Wildman–Crippen MR) is 88.2 cm³/mol. The molecule has 0 aliphatic heterocycles. The number of nitrogens with zero attached hydrogens (tertiary/aromatic N) is 1. The topological polar surface area (TPSA) is 42.0 Å². The van der Waals surface area contributed by atoms with E-state index in [4.69, 9.17) is 0 Å². The Bertz CT molecular complexity index is 797. The molecule has 0 aliphatic carbocycles. The third kappa shape index (κ3) is 2.54.